The molecular formula is C12H16N8O. The van der Waals surface area contributed by atoms with E-state index in [2.05, 4.69) is 30.7 Å². The van der Waals surface area contributed by atoms with Gasteiger partial charge in [0.15, 0.2) is 0 Å². The van der Waals surface area contributed by atoms with Gasteiger partial charge in [-0.05, 0) is 6.07 Å². The van der Waals surface area contributed by atoms with E-state index in [0.717, 1.165) is 0 Å². The average Bonchev–Trinajstić information content (AvgIpc) is 2.96. The topological polar surface area (TPSA) is 101 Å². The minimum atomic E-state index is 0.0488. The second-order valence-electron chi connectivity index (χ2n) is 4.55. The van der Waals surface area contributed by atoms with Crippen molar-refractivity contribution in [3.8, 4) is 5.95 Å². The molecule has 1 fully saturated rings. The van der Waals surface area contributed by atoms with Crippen molar-refractivity contribution in [2.45, 2.75) is 6.42 Å². The number of carbonyl (C=O) groups is 1. The lowest BCUT2D eigenvalue weighted by Gasteiger charge is -2.20. The van der Waals surface area contributed by atoms with Crippen molar-refractivity contribution >= 4 is 17.8 Å². The highest BCUT2D eigenvalue weighted by Gasteiger charge is 2.18. The fourth-order valence-corrected chi connectivity index (χ4v) is 2.06. The first-order valence-corrected chi connectivity index (χ1v) is 6.72. The summed E-state index contributed by atoms with van der Waals surface area (Å²) in [6, 6.07) is 1.80. The zero-order valence-electron chi connectivity index (χ0n) is 11.7. The minimum Gasteiger partial charge on any atom is -0.357 e. The molecule has 2 N–H and O–H groups in total. The van der Waals surface area contributed by atoms with Crippen LogP contribution in [-0.2, 0) is 4.79 Å². The van der Waals surface area contributed by atoms with Gasteiger partial charge in [0.05, 0.1) is 0 Å². The SMILES string of the molecule is CNc1nc(N2CCNC(=O)CC2)nc(-n2cccn2)n1. The fourth-order valence-electron chi connectivity index (χ4n) is 2.06. The van der Waals surface area contributed by atoms with Gasteiger partial charge in [-0.3, -0.25) is 4.79 Å². The predicted molar refractivity (Wildman–Crippen MR) is 76.3 cm³/mol. The third-order valence-corrected chi connectivity index (χ3v) is 3.14. The number of nitrogens with one attached hydrogen (secondary N) is 2. The number of hydrogen-bond acceptors (Lipinski definition) is 7. The van der Waals surface area contributed by atoms with E-state index in [1.54, 1.807) is 30.2 Å². The summed E-state index contributed by atoms with van der Waals surface area (Å²) >= 11 is 0. The van der Waals surface area contributed by atoms with Crippen LogP contribution in [0.5, 0.6) is 0 Å². The highest BCUT2D eigenvalue weighted by molar-refractivity contribution is 5.77. The van der Waals surface area contributed by atoms with Crippen LogP contribution >= 0.6 is 0 Å². The Morgan fingerprint density at radius 3 is 2.86 bits per heavy atom. The molecule has 3 heterocycles. The van der Waals surface area contributed by atoms with Crippen LogP contribution in [0, 0.1) is 0 Å². The van der Waals surface area contributed by atoms with E-state index in [1.165, 1.54) is 0 Å². The Kier molecular flexibility index (Phi) is 3.63. The maximum absolute atomic E-state index is 11.4. The van der Waals surface area contributed by atoms with Gasteiger partial charge in [0.1, 0.15) is 0 Å². The standard InChI is InChI=1S/C12H16N8O/c1-13-10-16-11(19-7-3-9(21)14-5-8-19)18-12(17-10)20-6-2-4-15-20/h2,4,6H,3,5,7-8H2,1H3,(H,14,21)(H,13,16,17,18). The summed E-state index contributed by atoms with van der Waals surface area (Å²) < 4.78 is 1.58. The molecule has 2 aromatic rings. The first-order chi connectivity index (χ1) is 10.3. The Labute approximate surface area is 121 Å². The Morgan fingerprint density at radius 2 is 2.10 bits per heavy atom. The molecule has 110 valence electrons. The van der Waals surface area contributed by atoms with Crippen molar-refractivity contribution in [1.82, 2.24) is 30.0 Å². The summed E-state index contributed by atoms with van der Waals surface area (Å²) in [5, 5.41) is 9.88. The zero-order valence-corrected chi connectivity index (χ0v) is 11.7. The highest BCUT2D eigenvalue weighted by Crippen LogP contribution is 2.13. The maximum atomic E-state index is 11.4. The summed E-state index contributed by atoms with van der Waals surface area (Å²) in [6.07, 6.45) is 3.86. The maximum Gasteiger partial charge on any atom is 0.257 e. The molecule has 1 aliphatic rings. The van der Waals surface area contributed by atoms with E-state index >= 15 is 0 Å². The quantitative estimate of drug-likeness (QED) is 0.779. The van der Waals surface area contributed by atoms with Crippen molar-refractivity contribution in [2.24, 2.45) is 0 Å². The van der Waals surface area contributed by atoms with Gasteiger partial charge in [0.2, 0.25) is 17.8 Å². The van der Waals surface area contributed by atoms with E-state index in [1.807, 2.05) is 4.90 Å². The molecular weight excluding hydrogens is 272 g/mol. The monoisotopic (exact) mass is 288 g/mol. The Balaban J connectivity index is 1.94. The molecule has 0 aliphatic carbocycles. The second kappa shape index (κ2) is 5.73. The molecule has 21 heavy (non-hydrogen) atoms. The third-order valence-electron chi connectivity index (χ3n) is 3.14. The van der Waals surface area contributed by atoms with Gasteiger partial charge in [0, 0.05) is 45.5 Å². The predicted octanol–water partition coefficient (Wildman–Crippen LogP) is -0.575. The first kappa shape index (κ1) is 13.3. The van der Waals surface area contributed by atoms with Gasteiger partial charge >= 0.3 is 0 Å². The number of anilines is 2. The van der Waals surface area contributed by atoms with Crippen molar-refractivity contribution in [3.05, 3.63) is 18.5 Å². The van der Waals surface area contributed by atoms with E-state index in [-0.39, 0.29) is 5.91 Å². The van der Waals surface area contributed by atoms with Crippen LogP contribution in [0.15, 0.2) is 18.5 Å². The number of carbonyl (C=O) groups excluding carboxylic acids is 1. The Morgan fingerprint density at radius 1 is 1.24 bits per heavy atom. The van der Waals surface area contributed by atoms with Crippen LogP contribution in [0.1, 0.15) is 6.42 Å². The Bertz CT molecular complexity index is 626. The van der Waals surface area contributed by atoms with Crippen LogP contribution in [0.4, 0.5) is 11.9 Å². The summed E-state index contributed by atoms with van der Waals surface area (Å²) in [5.41, 5.74) is 0. The molecule has 9 nitrogen and oxygen atoms in total. The van der Waals surface area contributed by atoms with Crippen LogP contribution in [0.3, 0.4) is 0 Å². The van der Waals surface area contributed by atoms with E-state index < -0.39 is 0 Å². The summed E-state index contributed by atoms with van der Waals surface area (Å²) in [5.74, 6) is 1.50. The van der Waals surface area contributed by atoms with Crippen LogP contribution < -0.4 is 15.5 Å². The van der Waals surface area contributed by atoms with E-state index in [4.69, 9.17) is 0 Å². The molecule has 0 unspecified atom stereocenters. The Hall–Kier alpha value is -2.71. The smallest absolute Gasteiger partial charge is 0.257 e. The molecule has 0 spiro atoms. The van der Waals surface area contributed by atoms with Crippen molar-refractivity contribution in [2.75, 3.05) is 36.9 Å². The molecule has 2 aromatic heterocycles. The number of nitrogens with zero attached hydrogens (tertiary/aromatic N) is 6. The second-order valence-corrected chi connectivity index (χ2v) is 4.55. The van der Waals surface area contributed by atoms with Crippen LogP contribution in [0.2, 0.25) is 0 Å². The molecule has 1 aliphatic heterocycles. The van der Waals surface area contributed by atoms with Gasteiger partial charge < -0.3 is 15.5 Å². The van der Waals surface area contributed by atoms with Crippen molar-refractivity contribution < 1.29 is 4.79 Å². The molecule has 0 aromatic carbocycles. The van der Waals surface area contributed by atoms with Crippen molar-refractivity contribution in [1.29, 1.82) is 0 Å². The van der Waals surface area contributed by atoms with Gasteiger partial charge in [-0.2, -0.15) is 20.1 Å². The molecule has 0 saturated carbocycles. The van der Waals surface area contributed by atoms with E-state index in [9.17, 15) is 4.79 Å². The number of rotatable bonds is 3. The summed E-state index contributed by atoms with van der Waals surface area (Å²) in [7, 11) is 1.75. The van der Waals surface area contributed by atoms with Gasteiger partial charge in [-0.25, -0.2) is 4.68 Å². The first-order valence-electron chi connectivity index (χ1n) is 6.72. The number of aromatic nitrogens is 5. The third kappa shape index (κ3) is 2.91. The van der Waals surface area contributed by atoms with Gasteiger partial charge in [-0.1, -0.05) is 0 Å². The molecule has 0 radical (unpaired) electrons. The van der Waals surface area contributed by atoms with E-state index in [0.29, 0.717) is 43.9 Å². The number of hydrogen-bond donors (Lipinski definition) is 2. The molecule has 9 heteroatoms. The molecule has 1 amide bonds. The van der Waals surface area contributed by atoms with Crippen LogP contribution in [0.25, 0.3) is 5.95 Å². The zero-order chi connectivity index (χ0) is 14.7. The lowest BCUT2D eigenvalue weighted by atomic mass is 10.4. The summed E-state index contributed by atoms with van der Waals surface area (Å²) in [4.78, 5) is 26.5. The average molecular weight is 288 g/mol. The normalized spacial score (nSPS) is 15.5. The lowest BCUT2D eigenvalue weighted by molar-refractivity contribution is -0.120. The molecule has 3 rings (SSSR count). The summed E-state index contributed by atoms with van der Waals surface area (Å²) in [6.45, 7) is 1.82. The van der Waals surface area contributed by atoms with Crippen molar-refractivity contribution in [3.63, 3.8) is 0 Å². The highest BCUT2D eigenvalue weighted by atomic mass is 16.1. The fraction of sp³-hybridized carbons (Fsp3) is 0.417. The molecule has 0 atom stereocenters. The van der Waals surface area contributed by atoms with Gasteiger partial charge in [0.25, 0.3) is 5.95 Å². The molecule has 1 saturated heterocycles. The largest absolute Gasteiger partial charge is 0.357 e. The minimum absolute atomic E-state index is 0.0488. The molecule has 0 bridgehead atoms. The van der Waals surface area contributed by atoms with Crippen LogP contribution in [-0.4, -0.2) is 57.3 Å². The number of amides is 1. The van der Waals surface area contributed by atoms with Gasteiger partial charge in [-0.15, -0.1) is 0 Å². The lowest BCUT2D eigenvalue weighted by Crippen LogP contribution is -2.30.